The van der Waals surface area contributed by atoms with Gasteiger partial charge < -0.3 is 18.9 Å². The van der Waals surface area contributed by atoms with Crippen molar-refractivity contribution < 1.29 is 23.7 Å². The SMILES string of the molecule is C/C(=C/C(=O)OC(C)(C)C)OC1COCCO1. The lowest BCUT2D eigenvalue weighted by Gasteiger charge is -2.24. The molecule has 5 nitrogen and oxygen atoms in total. The third-order valence-electron chi connectivity index (χ3n) is 1.83. The molecular weight excluding hydrogens is 224 g/mol. The second kappa shape index (κ2) is 6.02. The zero-order valence-electron chi connectivity index (χ0n) is 10.8. The van der Waals surface area contributed by atoms with Crippen molar-refractivity contribution in [3.63, 3.8) is 0 Å². The summed E-state index contributed by atoms with van der Waals surface area (Å²) in [5, 5.41) is 0. The zero-order valence-corrected chi connectivity index (χ0v) is 10.8. The van der Waals surface area contributed by atoms with Crippen molar-refractivity contribution in [1.82, 2.24) is 0 Å². The molecule has 0 radical (unpaired) electrons. The molecule has 0 bridgehead atoms. The molecule has 1 unspecified atom stereocenters. The topological polar surface area (TPSA) is 54.0 Å². The first-order chi connectivity index (χ1) is 7.87. The summed E-state index contributed by atoms with van der Waals surface area (Å²) in [6.07, 6.45) is 0.867. The fourth-order valence-electron chi connectivity index (χ4n) is 1.27. The fourth-order valence-corrected chi connectivity index (χ4v) is 1.27. The molecule has 1 saturated heterocycles. The molecule has 0 aromatic rings. The van der Waals surface area contributed by atoms with Crippen LogP contribution in [0.3, 0.4) is 0 Å². The average Bonchev–Trinajstić information content (AvgIpc) is 2.15. The van der Waals surface area contributed by atoms with Gasteiger partial charge in [0.15, 0.2) is 0 Å². The molecule has 1 rings (SSSR count). The Balaban J connectivity index is 2.39. The molecule has 98 valence electrons. The van der Waals surface area contributed by atoms with Gasteiger partial charge in [-0.1, -0.05) is 0 Å². The van der Waals surface area contributed by atoms with Gasteiger partial charge in [0.1, 0.15) is 18.0 Å². The molecule has 0 aliphatic carbocycles. The Kier molecular flexibility index (Phi) is 4.96. The first kappa shape index (κ1) is 14.0. The molecule has 0 amide bonds. The van der Waals surface area contributed by atoms with Crippen LogP contribution in [0.5, 0.6) is 0 Å². The maximum absolute atomic E-state index is 11.5. The minimum absolute atomic E-state index is 0.375. The summed E-state index contributed by atoms with van der Waals surface area (Å²) in [4.78, 5) is 11.5. The zero-order chi connectivity index (χ0) is 12.9. The number of carbonyl (C=O) groups excluding carboxylic acids is 1. The van der Waals surface area contributed by atoms with Crippen LogP contribution >= 0.6 is 0 Å². The van der Waals surface area contributed by atoms with Crippen LogP contribution in [-0.4, -0.2) is 37.7 Å². The van der Waals surface area contributed by atoms with Crippen molar-refractivity contribution in [2.75, 3.05) is 19.8 Å². The predicted octanol–water partition coefficient (Wildman–Crippen LogP) is 1.62. The summed E-state index contributed by atoms with van der Waals surface area (Å²) in [7, 11) is 0. The van der Waals surface area contributed by atoms with E-state index in [0.717, 1.165) is 0 Å². The first-order valence-electron chi connectivity index (χ1n) is 5.64. The summed E-state index contributed by atoms with van der Waals surface area (Å²) in [6, 6.07) is 0. The summed E-state index contributed by atoms with van der Waals surface area (Å²) in [5.74, 6) is 0.0291. The molecule has 1 fully saturated rings. The maximum atomic E-state index is 11.5. The molecule has 0 aromatic carbocycles. The highest BCUT2D eigenvalue weighted by molar-refractivity contribution is 5.82. The minimum atomic E-state index is -0.502. The molecule has 0 N–H and O–H groups in total. The van der Waals surface area contributed by atoms with Crippen LogP contribution < -0.4 is 0 Å². The normalized spacial score (nSPS) is 22.1. The van der Waals surface area contributed by atoms with Gasteiger partial charge in [-0.3, -0.25) is 0 Å². The number of allylic oxidation sites excluding steroid dienone is 1. The average molecular weight is 244 g/mol. The number of carbonyl (C=O) groups is 1. The Hall–Kier alpha value is -1.07. The van der Waals surface area contributed by atoms with E-state index in [9.17, 15) is 4.79 Å². The Bertz CT molecular complexity index is 284. The second-order valence-electron chi connectivity index (χ2n) is 4.78. The van der Waals surface area contributed by atoms with Gasteiger partial charge in [0.25, 0.3) is 0 Å². The summed E-state index contributed by atoms with van der Waals surface area (Å²) < 4.78 is 21.0. The molecule has 1 aliphatic heterocycles. The monoisotopic (exact) mass is 244 g/mol. The van der Waals surface area contributed by atoms with E-state index in [4.69, 9.17) is 18.9 Å². The highest BCUT2D eigenvalue weighted by Gasteiger charge is 2.18. The summed E-state index contributed by atoms with van der Waals surface area (Å²) in [5.41, 5.74) is -0.502. The summed E-state index contributed by atoms with van der Waals surface area (Å²) >= 11 is 0. The van der Waals surface area contributed by atoms with Gasteiger partial charge in [0.2, 0.25) is 6.29 Å². The van der Waals surface area contributed by atoms with Crippen LogP contribution in [0.25, 0.3) is 0 Å². The lowest BCUT2D eigenvalue weighted by atomic mass is 10.2. The Morgan fingerprint density at radius 3 is 2.59 bits per heavy atom. The molecule has 1 atom stereocenters. The van der Waals surface area contributed by atoms with Gasteiger partial charge in [-0.05, 0) is 27.7 Å². The van der Waals surface area contributed by atoms with Crippen molar-refractivity contribution in [2.45, 2.75) is 39.6 Å². The van der Waals surface area contributed by atoms with Crippen molar-refractivity contribution in [2.24, 2.45) is 0 Å². The van der Waals surface area contributed by atoms with E-state index in [1.165, 1.54) is 6.08 Å². The van der Waals surface area contributed by atoms with E-state index in [-0.39, 0.29) is 0 Å². The van der Waals surface area contributed by atoms with Crippen molar-refractivity contribution in [1.29, 1.82) is 0 Å². The van der Waals surface area contributed by atoms with Crippen molar-refractivity contribution >= 4 is 5.97 Å². The number of hydrogen-bond acceptors (Lipinski definition) is 5. The minimum Gasteiger partial charge on any atom is -0.467 e. The van der Waals surface area contributed by atoms with Crippen LogP contribution in [0.15, 0.2) is 11.8 Å². The Morgan fingerprint density at radius 1 is 1.35 bits per heavy atom. The largest absolute Gasteiger partial charge is 0.467 e. The number of ether oxygens (including phenoxy) is 4. The molecule has 5 heteroatoms. The van der Waals surface area contributed by atoms with Crippen LogP contribution in [-0.2, 0) is 23.7 Å². The van der Waals surface area contributed by atoms with E-state index < -0.39 is 17.9 Å². The highest BCUT2D eigenvalue weighted by atomic mass is 16.7. The molecule has 0 spiro atoms. The Morgan fingerprint density at radius 2 is 2.06 bits per heavy atom. The van der Waals surface area contributed by atoms with E-state index in [1.54, 1.807) is 6.92 Å². The van der Waals surface area contributed by atoms with Gasteiger partial charge in [-0.15, -0.1) is 0 Å². The van der Waals surface area contributed by atoms with Crippen LogP contribution in [0.4, 0.5) is 0 Å². The number of esters is 1. The molecule has 1 heterocycles. The standard InChI is InChI=1S/C12H20O5/c1-9(7-10(13)17-12(2,3)4)16-11-8-14-5-6-15-11/h7,11H,5-6,8H2,1-4H3/b9-7-. The van der Waals surface area contributed by atoms with Gasteiger partial charge in [-0.25, -0.2) is 4.79 Å². The lowest BCUT2D eigenvalue weighted by Crippen LogP contribution is -2.30. The summed E-state index contributed by atoms with van der Waals surface area (Å²) in [6.45, 7) is 8.58. The van der Waals surface area contributed by atoms with Crippen LogP contribution in [0.1, 0.15) is 27.7 Å². The second-order valence-corrected chi connectivity index (χ2v) is 4.78. The molecule has 0 saturated carbocycles. The van der Waals surface area contributed by atoms with Gasteiger partial charge in [-0.2, -0.15) is 0 Å². The van der Waals surface area contributed by atoms with Crippen LogP contribution in [0.2, 0.25) is 0 Å². The van der Waals surface area contributed by atoms with Crippen LogP contribution in [0, 0.1) is 0 Å². The predicted molar refractivity (Wildman–Crippen MR) is 61.2 cm³/mol. The first-order valence-corrected chi connectivity index (χ1v) is 5.64. The molecule has 17 heavy (non-hydrogen) atoms. The molecule has 0 aromatic heterocycles. The fraction of sp³-hybridized carbons (Fsp3) is 0.750. The quantitative estimate of drug-likeness (QED) is 0.429. The Labute approximate surface area is 102 Å². The van der Waals surface area contributed by atoms with E-state index in [1.807, 2.05) is 20.8 Å². The number of rotatable bonds is 3. The smallest absolute Gasteiger partial charge is 0.334 e. The van der Waals surface area contributed by atoms with E-state index >= 15 is 0 Å². The van der Waals surface area contributed by atoms with Gasteiger partial charge in [0.05, 0.1) is 19.3 Å². The molecular formula is C12H20O5. The maximum Gasteiger partial charge on any atom is 0.334 e. The lowest BCUT2D eigenvalue weighted by molar-refractivity contribution is -0.194. The van der Waals surface area contributed by atoms with Crippen molar-refractivity contribution in [3.05, 3.63) is 11.8 Å². The van der Waals surface area contributed by atoms with E-state index in [2.05, 4.69) is 0 Å². The third-order valence-corrected chi connectivity index (χ3v) is 1.83. The van der Waals surface area contributed by atoms with Crippen molar-refractivity contribution in [3.8, 4) is 0 Å². The molecule has 1 aliphatic rings. The third kappa shape index (κ3) is 6.28. The van der Waals surface area contributed by atoms with Gasteiger partial charge >= 0.3 is 5.97 Å². The highest BCUT2D eigenvalue weighted by Crippen LogP contribution is 2.11. The van der Waals surface area contributed by atoms with Gasteiger partial charge in [0, 0.05) is 0 Å². The number of hydrogen-bond donors (Lipinski definition) is 0. The van der Waals surface area contributed by atoms with E-state index in [0.29, 0.717) is 25.6 Å².